The Labute approximate surface area is 124 Å². The molecule has 1 aromatic heterocycles. The van der Waals surface area contributed by atoms with Gasteiger partial charge in [0.2, 0.25) is 0 Å². The average molecular weight is 313 g/mol. The van der Waals surface area contributed by atoms with E-state index in [0.717, 1.165) is 11.1 Å². The van der Waals surface area contributed by atoms with Gasteiger partial charge in [-0.15, -0.1) is 0 Å². The minimum Gasteiger partial charge on any atom is -0.496 e. The van der Waals surface area contributed by atoms with Crippen LogP contribution in [-0.2, 0) is 21.1 Å². The molecule has 0 radical (unpaired) electrons. The van der Waals surface area contributed by atoms with Gasteiger partial charge in [0.05, 0.1) is 24.0 Å². The molecule has 0 spiro atoms. The highest BCUT2D eigenvalue weighted by Crippen LogP contribution is 2.37. The maximum absolute atomic E-state index is 11.7. The summed E-state index contributed by atoms with van der Waals surface area (Å²) in [6.45, 7) is 3.67. The van der Waals surface area contributed by atoms with E-state index in [-0.39, 0.29) is 24.3 Å². The van der Waals surface area contributed by atoms with Crippen molar-refractivity contribution < 1.29 is 23.1 Å². The summed E-state index contributed by atoms with van der Waals surface area (Å²) < 4.78 is 28.7. The Morgan fingerprint density at radius 1 is 1.48 bits per heavy atom. The second-order valence-corrected chi connectivity index (χ2v) is 7.83. The summed E-state index contributed by atoms with van der Waals surface area (Å²) in [5.74, 6) is -0.820. The van der Waals surface area contributed by atoms with E-state index in [1.54, 1.807) is 13.3 Å². The highest BCUT2D eigenvalue weighted by molar-refractivity contribution is 7.91. The SMILES string of the molecule is COc1c(C)cnc(CC2(C(=O)O)CCS(=O)(=O)C2)c1C. The fourth-order valence-corrected chi connectivity index (χ4v) is 4.93. The van der Waals surface area contributed by atoms with Gasteiger partial charge in [0.25, 0.3) is 0 Å². The van der Waals surface area contributed by atoms with Crippen molar-refractivity contribution in [3.8, 4) is 5.75 Å². The summed E-state index contributed by atoms with van der Waals surface area (Å²) in [5.41, 5.74) is 0.929. The van der Waals surface area contributed by atoms with Gasteiger partial charge in [0.1, 0.15) is 5.75 Å². The van der Waals surface area contributed by atoms with Crippen LogP contribution in [0.4, 0.5) is 0 Å². The van der Waals surface area contributed by atoms with E-state index in [1.165, 1.54) is 0 Å². The Balaban J connectivity index is 2.42. The number of aromatic nitrogens is 1. The van der Waals surface area contributed by atoms with Crippen molar-refractivity contribution in [1.82, 2.24) is 4.98 Å². The van der Waals surface area contributed by atoms with Gasteiger partial charge in [-0.2, -0.15) is 0 Å². The maximum Gasteiger partial charge on any atom is 0.311 e. The lowest BCUT2D eigenvalue weighted by atomic mass is 9.81. The Bertz CT molecular complexity index is 683. The summed E-state index contributed by atoms with van der Waals surface area (Å²) in [7, 11) is -1.75. The summed E-state index contributed by atoms with van der Waals surface area (Å²) in [4.78, 5) is 15.9. The number of ether oxygens (including phenoxy) is 1. The largest absolute Gasteiger partial charge is 0.496 e. The molecule has 2 rings (SSSR count). The number of hydrogen-bond acceptors (Lipinski definition) is 5. The molecular weight excluding hydrogens is 294 g/mol. The third-order valence-electron chi connectivity index (χ3n) is 4.10. The predicted molar refractivity (Wildman–Crippen MR) is 77.3 cm³/mol. The Morgan fingerprint density at radius 3 is 2.62 bits per heavy atom. The number of pyridine rings is 1. The molecule has 1 atom stereocenters. The summed E-state index contributed by atoms with van der Waals surface area (Å²) in [5, 5.41) is 9.51. The molecule has 1 saturated heterocycles. The molecule has 116 valence electrons. The number of aliphatic carboxylic acids is 1. The molecule has 0 bridgehead atoms. The quantitative estimate of drug-likeness (QED) is 0.896. The molecule has 1 unspecified atom stereocenters. The van der Waals surface area contributed by atoms with E-state index in [0.29, 0.717) is 11.4 Å². The molecule has 1 aliphatic heterocycles. The fraction of sp³-hybridized carbons (Fsp3) is 0.571. The van der Waals surface area contributed by atoms with Crippen LogP contribution >= 0.6 is 0 Å². The minimum atomic E-state index is -3.30. The number of carboxylic acids is 1. The van der Waals surface area contributed by atoms with Crippen molar-refractivity contribution in [3.05, 3.63) is 23.0 Å². The topological polar surface area (TPSA) is 93.6 Å². The lowest BCUT2D eigenvalue weighted by molar-refractivity contribution is -0.147. The monoisotopic (exact) mass is 313 g/mol. The first-order chi connectivity index (χ1) is 9.71. The Kier molecular flexibility index (Phi) is 3.97. The maximum atomic E-state index is 11.7. The lowest BCUT2D eigenvalue weighted by Crippen LogP contribution is -2.35. The molecule has 0 amide bonds. The first kappa shape index (κ1) is 15.8. The predicted octanol–water partition coefficient (Wildman–Crippen LogP) is 1.14. The third kappa shape index (κ3) is 2.88. The highest BCUT2D eigenvalue weighted by atomic mass is 32.2. The van der Waals surface area contributed by atoms with Crippen molar-refractivity contribution in [2.24, 2.45) is 5.41 Å². The van der Waals surface area contributed by atoms with Gasteiger partial charge < -0.3 is 9.84 Å². The highest BCUT2D eigenvalue weighted by Gasteiger charge is 2.48. The zero-order chi connectivity index (χ0) is 15.8. The van der Waals surface area contributed by atoms with Crippen LogP contribution in [0.2, 0.25) is 0 Å². The summed E-state index contributed by atoms with van der Waals surface area (Å²) in [6.07, 6.45) is 1.85. The molecule has 0 saturated carbocycles. The van der Waals surface area contributed by atoms with Gasteiger partial charge in [-0.25, -0.2) is 8.42 Å². The van der Waals surface area contributed by atoms with Crippen molar-refractivity contribution in [2.45, 2.75) is 26.7 Å². The Morgan fingerprint density at radius 2 is 2.14 bits per heavy atom. The van der Waals surface area contributed by atoms with E-state index in [1.807, 2.05) is 13.8 Å². The van der Waals surface area contributed by atoms with Gasteiger partial charge in [-0.3, -0.25) is 9.78 Å². The molecule has 21 heavy (non-hydrogen) atoms. The molecule has 1 aliphatic rings. The number of sulfone groups is 1. The molecule has 1 fully saturated rings. The van der Waals surface area contributed by atoms with Crippen LogP contribution in [-0.4, -0.2) is 43.1 Å². The van der Waals surface area contributed by atoms with Crippen molar-refractivity contribution in [2.75, 3.05) is 18.6 Å². The zero-order valence-corrected chi connectivity index (χ0v) is 13.2. The summed E-state index contributed by atoms with van der Waals surface area (Å²) in [6, 6.07) is 0. The lowest BCUT2D eigenvalue weighted by Gasteiger charge is -2.23. The molecule has 0 aliphatic carbocycles. The number of nitrogens with zero attached hydrogens (tertiary/aromatic N) is 1. The van der Waals surface area contributed by atoms with Gasteiger partial charge >= 0.3 is 5.97 Å². The zero-order valence-electron chi connectivity index (χ0n) is 12.3. The standard InChI is InChI=1S/C14H19NO5S/c1-9-7-15-11(10(2)12(9)20-3)6-14(13(16)17)4-5-21(18,19)8-14/h7H,4-6,8H2,1-3H3,(H,16,17). The molecule has 1 aromatic rings. The van der Waals surface area contributed by atoms with Crippen LogP contribution in [0, 0.1) is 19.3 Å². The second kappa shape index (κ2) is 5.29. The van der Waals surface area contributed by atoms with E-state index >= 15 is 0 Å². The Hall–Kier alpha value is -1.63. The van der Waals surface area contributed by atoms with Gasteiger partial charge in [-0.05, 0) is 20.3 Å². The van der Waals surface area contributed by atoms with Crippen LogP contribution in [0.15, 0.2) is 6.20 Å². The number of aryl methyl sites for hydroxylation is 1. The number of hydrogen-bond donors (Lipinski definition) is 1. The first-order valence-electron chi connectivity index (χ1n) is 6.64. The first-order valence-corrected chi connectivity index (χ1v) is 8.46. The van der Waals surface area contributed by atoms with E-state index in [2.05, 4.69) is 4.98 Å². The van der Waals surface area contributed by atoms with E-state index < -0.39 is 21.2 Å². The molecule has 0 aromatic carbocycles. The fourth-order valence-electron chi connectivity index (χ4n) is 2.87. The van der Waals surface area contributed by atoms with E-state index in [9.17, 15) is 18.3 Å². The minimum absolute atomic E-state index is 0.0820. The number of carboxylic acid groups (broad SMARTS) is 1. The molecular formula is C14H19NO5S. The average Bonchev–Trinajstić information content (AvgIpc) is 2.71. The molecule has 2 heterocycles. The van der Waals surface area contributed by atoms with Crippen LogP contribution in [0.3, 0.4) is 0 Å². The van der Waals surface area contributed by atoms with Crippen LogP contribution in [0.25, 0.3) is 0 Å². The van der Waals surface area contributed by atoms with Crippen LogP contribution in [0.1, 0.15) is 23.2 Å². The van der Waals surface area contributed by atoms with Crippen molar-refractivity contribution in [1.29, 1.82) is 0 Å². The van der Waals surface area contributed by atoms with Gasteiger partial charge in [0, 0.05) is 29.4 Å². The molecule has 6 nitrogen and oxygen atoms in total. The normalized spacial score (nSPS) is 24.0. The second-order valence-electron chi connectivity index (χ2n) is 5.65. The number of carbonyl (C=O) groups is 1. The number of methoxy groups -OCH3 is 1. The third-order valence-corrected chi connectivity index (χ3v) is 5.92. The van der Waals surface area contributed by atoms with Crippen molar-refractivity contribution in [3.63, 3.8) is 0 Å². The van der Waals surface area contributed by atoms with Gasteiger partial charge in [-0.1, -0.05) is 0 Å². The molecule has 7 heteroatoms. The number of rotatable bonds is 4. The molecule has 1 N–H and O–H groups in total. The van der Waals surface area contributed by atoms with Gasteiger partial charge in [0.15, 0.2) is 9.84 Å². The smallest absolute Gasteiger partial charge is 0.311 e. The van der Waals surface area contributed by atoms with Crippen LogP contribution < -0.4 is 4.74 Å². The summed E-state index contributed by atoms with van der Waals surface area (Å²) >= 11 is 0. The van der Waals surface area contributed by atoms with Crippen LogP contribution in [0.5, 0.6) is 5.75 Å². The van der Waals surface area contributed by atoms with E-state index in [4.69, 9.17) is 4.74 Å². The van der Waals surface area contributed by atoms with Crippen molar-refractivity contribution >= 4 is 15.8 Å².